The number of carboxylic acids is 1. The number of carbonyl (C=O) groups excluding carboxylic acids is 1. The normalized spacial score (nSPS) is 16.0. The molecule has 1 amide bonds. The van der Waals surface area contributed by atoms with E-state index >= 15 is 0 Å². The van der Waals surface area contributed by atoms with Gasteiger partial charge in [0.15, 0.2) is 5.11 Å². The van der Waals surface area contributed by atoms with E-state index < -0.39 is 27.8 Å². The van der Waals surface area contributed by atoms with Gasteiger partial charge < -0.3 is 10.4 Å². The smallest absolute Gasteiger partial charge is 0.335 e. The van der Waals surface area contributed by atoms with Gasteiger partial charge in [-0.15, -0.1) is 0 Å². The van der Waals surface area contributed by atoms with Gasteiger partial charge in [-0.25, -0.2) is 4.79 Å². The summed E-state index contributed by atoms with van der Waals surface area (Å²) in [6.45, 7) is 1.47. The number of nitro benzene ring substituents is 2. The molecule has 158 valence electrons. The minimum atomic E-state index is -1.34. The molecular weight excluding hydrogens is 428 g/mol. The van der Waals surface area contributed by atoms with Crippen molar-refractivity contribution in [3.05, 3.63) is 91.2 Å². The predicted molar refractivity (Wildman–Crippen MR) is 111 cm³/mol. The Morgan fingerprint density at radius 1 is 1.06 bits per heavy atom. The number of hydrogen-bond acceptors (Lipinski definition) is 7. The predicted octanol–water partition coefficient (Wildman–Crippen LogP) is 2.93. The highest BCUT2D eigenvalue weighted by Crippen LogP contribution is 2.36. The number of benzene rings is 2. The molecule has 0 aliphatic carbocycles. The van der Waals surface area contributed by atoms with Crippen LogP contribution in [0.4, 0.5) is 11.4 Å². The number of allylic oxidation sites excluding steroid dienone is 1. The summed E-state index contributed by atoms with van der Waals surface area (Å²) in [5.41, 5.74) is -0.356. The van der Waals surface area contributed by atoms with Crippen molar-refractivity contribution >= 4 is 40.6 Å². The van der Waals surface area contributed by atoms with Crippen molar-refractivity contribution in [1.82, 2.24) is 10.2 Å². The van der Waals surface area contributed by atoms with Crippen molar-refractivity contribution in [2.24, 2.45) is 0 Å². The van der Waals surface area contributed by atoms with E-state index in [1.54, 1.807) is 0 Å². The topological polar surface area (TPSA) is 156 Å². The van der Waals surface area contributed by atoms with Crippen molar-refractivity contribution in [3.8, 4) is 0 Å². The SMILES string of the molecule is CC1=C(C(=O)O)C(c2cccc([N+](=O)[O-])c2)N(C(=O)c2ccc([N+](=O)[O-])cc2)C(=S)N1. The molecule has 2 N–H and O–H groups in total. The molecule has 2 aromatic carbocycles. The Hall–Kier alpha value is -4.19. The fourth-order valence-corrected chi connectivity index (χ4v) is 3.56. The van der Waals surface area contributed by atoms with Gasteiger partial charge in [0.1, 0.15) is 0 Å². The number of carboxylic acid groups (broad SMARTS) is 1. The van der Waals surface area contributed by atoms with E-state index in [1.807, 2.05) is 0 Å². The van der Waals surface area contributed by atoms with E-state index in [9.17, 15) is 34.9 Å². The summed E-state index contributed by atoms with van der Waals surface area (Å²) in [7, 11) is 0. The molecule has 2 aromatic rings. The van der Waals surface area contributed by atoms with E-state index in [0.29, 0.717) is 0 Å². The maximum absolute atomic E-state index is 13.2. The highest BCUT2D eigenvalue weighted by molar-refractivity contribution is 7.80. The summed E-state index contributed by atoms with van der Waals surface area (Å²) in [6, 6.07) is 8.70. The summed E-state index contributed by atoms with van der Waals surface area (Å²) in [6.07, 6.45) is 0. The molecule has 1 aliphatic heterocycles. The summed E-state index contributed by atoms with van der Waals surface area (Å²) in [5.74, 6) is -2.07. The second kappa shape index (κ2) is 8.28. The lowest BCUT2D eigenvalue weighted by Crippen LogP contribution is -2.51. The zero-order valence-corrected chi connectivity index (χ0v) is 16.7. The first kappa shape index (κ1) is 21.5. The molecule has 31 heavy (non-hydrogen) atoms. The monoisotopic (exact) mass is 442 g/mol. The van der Waals surface area contributed by atoms with Crippen molar-refractivity contribution in [2.75, 3.05) is 0 Å². The van der Waals surface area contributed by atoms with Crippen LogP contribution in [0.1, 0.15) is 28.9 Å². The van der Waals surface area contributed by atoms with Crippen LogP contribution in [-0.2, 0) is 4.79 Å². The fourth-order valence-electron chi connectivity index (χ4n) is 3.22. The summed E-state index contributed by atoms with van der Waals surface area (Å²) >= 11 is 5.27. The van der Waals surface area contributed by atoms with E-state index in [2.05, 4.69) is 5.32 Å². The van der Waals surface area contributed by atoms with Gasteiger partial charge in [0.05, 0.1) is 21.5 Å². The van der Waals surface area contributed by atoms with Gasteiger partial charge in [0.25, 0.3) is 17.3 Å². The first-order chi connectivity index (χ1) is 14.6. The van der Waals surface area contributed by atoms with Crippen LogP contribution < -0.4 is 5.32 Å². The molecule has 0 bridgehead atoms. The first-order valence-corrected chi connectivity index (χ1v) is 9.10. The largest absolute Gasteiger partial charge is 0.478 e. The van der Waals surface area contributed by atoms with Gasteiger partial charge in [-0.3, -0.25) is 29.9 Å². The van der Waals surface area contributed by atoms with Crippen LogP contribution in [0.15, 0.2) is 59.8 Å². The molecule has 12 heteroatoms. The standard InChI is InChI=1S/C19H14N4O7S/c1-10-15(18(25)26)16(12-3-2-4-14(9-12)23(29)30)21(19(31)20-10)17(24)11-5-7-13(8-6-11)22(27)28/h2-9,16H,1H3,(H,20,31)(H,25,26). The van der Waals surface area contributed by atoms with E-state index in [0.717, 1.165) is 17.0 Å². The second-order valence-corrected chi connectivity index (χ2v) is 6.89. The van der Waals surface area contributed by atoms with Crippen LogP contribution in [0.25, 0.3) is 0 Å². The summed E-state index contributed by atoms with van der Waals surface area (Å²) < 4.78 is 0. The van der Waals surface area contributed by atoms with E-state index in [-0.39, 0.29) is 38.9 Å². The van der Waals surface area contributed by atoms with Gasteiger partial charge in [-0.05, 0) is 36.8 Å². The number of nitro groups is 2. The molecule has 0 radical (unpaired) electrons. The van der Waals surface area contributed by atoms with Gasteiger partial charge in [-0.1, -0.05) is 12.1 Å². The lowest BCUT2D eigenvalue weighted by Gasteiger charge is -2.37. The maximum Gasteiger partial charge on any atom is 0.335 e. The third-order valence-corrected chi connectivity index (χ3v) is 4.92. The molecule has 0 saturated carbocycles. The Morgan fingerprint density at radius 3 is 2.23 bits per heavy atom. The molecule has 1 unspecified atom stereocenters. The number of nitrogens with one attached hydrogen (secondary N) is 1. The number of amides is 1. The van der Waals surface area contributed by atoms with Gasteiger partial charge in [0.2, 0.25) is 0 Å². The molecule has 0 saturated heterocycles. The number of carbonyl (C=O) groups is 2. The quantitative estimate of drug-likeness (QED) is 0.404. The Kier molecular flexibility index (Phi) is 5.75. The Labute approximate surface area is 179 Å². The molecule has 1 atom stereocenters. The minimum Gasteiger partial charge on any atom is -0.478 e. The summed E-state index contributed by atoms with van der Waals surface area (Å²) in [5, 5.41) is 34.4. The highest BCUT2D eigenvalue weighted by atomic mass is 32.1. The van der Waals surface area contributed by atoms with Crippen molar-refractivity contribution in [1.29, 1.82) is 0 Å². The van der Waals surface area contributed by atoms with Crippen LogP contribution in [0.2, 0.25) is 0 Å². The van der Waals surface area contributed by atoms with Gasteiger partial charge >= 0.3 is 5.97 Å². The summed E-state index contributed by atoms with van der Waals surface area (Å²) in [4.78, 5) is 47.1. The molecule has 0 fully saturated rings. The van der Waals surface area contributed by atoms with Crippen molar-refractivity contribution in [2.45, 2.75) is 13.0 Å². The molecule has 0 spiro atoms. The van der Waals surface area contributed by atoms with E-state index in [1.165, 1.54) is 43.3 Å². The van der Waals surface area contributed by atoms with Crippen LogP contribution in [0.5, 0.6) is 0 Å². The van der Waals surface area contributed by atoms with Gasteiger partial charge in [0, 0.05) is 35.5 Å². The Balaban J connectivity index is 2.16. The Bertz CT molecular complexity index is 1160. The first-order valence-electron chi connectivity index (χ1n) is 8.69. The lowest BCUT2D eigenvalue weighted by atomic mass is 9.93. The minimum absolute atomic E-state index is 0.0227. The fraction of sp³-hybridized carbons (Fsp3) is 0.105. The molecule has 0 aromatic heterocycles. The maximum atomic E-state index is 13.2. The second-order valence-electron chi connectivity index (χ2n) is 6.51. The number of hydrogen-bond donors (Lipinski definition) is 2. The van der Waals surface area contributed by atoms with Crippen molar-refractivity contribution in [3.63, 3.8) is 0 Å². The molecule has 1 aliphatic rings. The van der Waals surface area contributed by atoms with Gasteiger partial charge in [-0.2, -0.15) is 0 Å². The number of thiocarbonyl (C=S) groups is 1. The molecule has 1 heterocycles. The van der Waals surface area contributed by atoms with Crippen LogP contribution in [-0.4, -0.2) is 36.8 Å². The van der Waals surface area contributed by atoms with Crippen LogP contribution in [0, 0.1) is 20.2 Å². The third kappa shape index (κ3) is 4.09. The lowest BCUT2D eigenvalue weighted by molar-refractivity contribution is -0.385. The average Bonchev–Trinajstić information content (AvgIpc) is 2.72. The van der Waals surface area contributed by atoms with Crippen LogP contribution >= 0.6 is 12.2 Å². The van der Waals surface area contributed by atoms with Crippen LogP contribution in [0.3, 0.4) is 0 Å². The number of non-ortho nitro benzene ring substituents is 2. The Morgan fingerprint density at radius 2 is 1.68 bits per heavy atom. The average molecular weight is 442 g/mol. The number of aliphatic carboxylic acids is 1. The third-order valence-electron chi connectivity index (χ3n) is 4.62. The molecule has 11 nitrogen and oxygen atoms in total. The molecular formula is C19H14N4O7S. The van der Waals surface area contributed by atoms with Crippen molar-refractivity contribution < 1.29 is 24.5 Å². The van der Waals surface area contributed by atoms with E-state index in [4.69, 9.17) is 12.2 Å². The highest BCUT2D eigenvalue weighted by Gasteiger charge is 2.40. The zero-order chi connectivity index (χ0) is 22.9. The number of nitrogens with zero attached hydrogens (tertiary/aromatic N) is 3. The molecule has 3 rings (SSSR count). The number of rotatable bonds is 5. The zero-order valence-electron chi connectivity index (χ0n) is 15.8.